The minimum Gasteiger partial charge on any atom is -0.335 e. The molecule has 154 valence electrons. The Labute approximate surface area is 179 Å². The number of aromatic nitrogens is 3. The van der Waals surface area contributed by atoms with E-state index in [0.29, 0.717) is 27.9 Å². The van der Waals surface area contributed by atoms with Crippen LogP contribution in [0, 0.1) is 0 Å². The molecule has 0 saturated heterocycles. The van der Waals surface area contributed by atoms with Crippen LogP contribution in [0.4, 0.5) is 0 Å². The second kappa shape index (κ2) is 7.60. The van der Waals surface area contributed by atoms with Gasteiger partial charge in [-0.05, 0) is 23.1 Å². The number of amides is 2. The number of nitrogens with two attached hydrogens (primary N) is 1. The molecule has 0 radical (unpaired) electrons. The summed E-state index contributed by atoms with van der Waals surface area (Å²) in [6.07, 6.45) is 0. The molecule has 0 saturated carbocycles. The molecule has 2 heterocycles. The number of benzene rings is 2. The van der Waals surface area contributed by atoms with E-state index in [1.165, 1.54) is 26.9 Å². The zero-order chi connectivity index (χ0) is 21.5. The molecule has 2 amide bonds. The normalized spacial score (nSPS) is 13.8. The molecule has 2 aromatic carbocycles. The summed E-state index contributed by atoms with van der Waals surface area (Å²) in [5, 5.41) is 8.91. The SMILES string of the molecule is CC(C)(C)c1ccc(-c2nnc(SCCN3C(=O)c4ccccc4C3=O)n2N)cc1. The van der Waals surface area contributed by atoms with Gasteiger partial charge in [0.1, 0.15) is 0 Å². The highest BCUT2D eigenvalue weighted by Gasteiger charge is 2.34. The smallest absolute Gasteiger partial charge is 0.261 e. The summed E-state index contributed by atoms with van der Waals surface area (Å²) in [6.45, 7) is 6.77. The van der Waals surface area contributed by atoms with Crippen molar-refractivity contribution in [1.29, 1.82) is 0 Å². The predicted molar refractivity (Wildman–Crippen MR) is 117 cm³/mol. The van der Waals surface area contributed by atoms with Crippen LogP contribution in [0.15, 0.2) is 53.7 Å². The van der Waals surface area contributed by atoms with Crippen LogP contribution in [-0.4, -0.2) is 43.9 Å². The number of carbonyl (C=O) groups is 2. The van der Waals surface area contributed by atoms with Crippen LogP contribution in [0.25, 0.3) is 11.4 Å². The van der Waals surface area contributed by atoms with Crippen LogP contribution < -0.4 is 5.84 Å². The largest absolute Gasteiger partial charge is 0.335 e. The van der Waals surface area contributed by atoms with Crippen molar-refractivity contribution in [3.05, 3.63) is 65.2 Å². The molecular formula is C22H23N5O2S. The fourth-order valence-corrected chi connectivity index (χ4v) is 4.14. The van der Waals surface area contributed by atoms with E-state index in [1.807, 2.05) is 12.1 Å². The Hall–Kier alpha value is -3.13. The lowest BCUT2D eigenvalue weighted by Gasteiger charge is -2.19. The molecule has 3 aromatic rings. The van der Waals surface area contributed by atoms with E-state index in [2.05, 4.69) is 43.1 Å². The first-order chi connectivity index (χ1) is 14.3. The van der Waals surface area contributed by atoms with Crippen molar-refractivity contribution in [3.63, 3.8) is 0 Å². The van der Waals surface area contributed by atoms with Gasteiger partial charge >= 0.3 is 0 Å². The fraction of sp³-hybridized carbons (Fsp3) is 0.273. The van der Waals surface area contributed by atoms with Crippen LogP contribution in [-0.2, 0) is 5.41 Å². The Morgan fingerprint density at radius 2 is 1.53 bits per heavy atom. The highest BCUT2D eigenvalue weighted by atomic mass is 32.2. The summed E-state index contributed by atoms with van der Waals surface area (Å²) in [5.41, 5.74) is 3.08. The maximum atomic E-state index is 12.4. The van der Waals surface area contributed by atoms with Crippen LogP contribution >= 0.6 is 11.8 Å². The zero-order valence-corrected chi connectivity index (χ0v) is 17.9. The lowest BCUT2D eigenvalue weighted by Crippen LogP contribution is -2.32. The molecule has 1 aromatic heterocycles. The average Bonchev–Trinajstić information content (AvgIpc) is 3.20. The average molecular weight is 422 g/mol. The summed E-state index contributed by atoms with van der Waals surface area (Å²) in [5.74, 6) is 6.73. The van der Waals surface area contributed by atoms with Crippen molar-refractivity contribution in [2.24, 2.45) is 0 Å². The van der Waals surface area contributed by atoms with E-state index in [0.717, 1.165) is 5.56 Å². The fourth-order valence-electron chi connectivity index (χ4n) is 3.36. The van der Waals surface area contributed by atoms with Crippen molar-refractivity contribution >= 4 is 23.6 Å². The number of nitrogen functional groups attached to an aromatic ring is 1. The predicted octanol–water partition coefficient (Wildman–Crippen LogP) is 3.34. The lowest BCUT2D eigenvalue weighted by atomic mass is 9.87. The van der Waals surface area contributed by atoms with E-state index in [4.69, 9.17) is 5.84 Å². The van der Waals surface area contributed by atoms with Crippen LogP contribution in [0.2, 0.25) is 0 Å². The second-order valence-corrected chi connectivity index (χ2v) is 9.22. The maximum Gasteiger partial charge on any atom is 0.261 e. The van der Waals surface area contributed by atoms with Gasteiger partial charge in [-0.25, -0.2) is 4.68 Å². The highest BCUT2D eigenvalue weighted by molar-refractivity contribution is 7.99. The number of carbonyl (C=O) groups excluding carboxylic acids is 2. The third-order valence-corrected chi connectivity index (χ3v) is 6.02. The standard InChI is InChI=1S/C22H23N5O2S/c1-22(2,3)15-10-8-14(9-11-15)18-24-25-21(27(18)23)30-13-12-26-19(28)16-6-4-5-7-17(16)20(26)29/h4-11H,12-13,23H2,1-3H3. The first-order valence-corrected chi connectivity index (χ1v) is 10.7. The Kier molecular flexibility index (Phi) is 5.11. The Morgan fingerprint density at radius 3 is 2.10 bits per heavy atom. The highest BCUT2D eigenvalue weighted by Crippen LogP contribution is 2.27. The summed E-state index contributed by atoms with van der Waals surface area (Å²) < 4.78 is 1.44. The van der Waals surface area contributed by atoms with Crippen molar-refractivity contribution in [1.82, 2.24) is 19.8 Å². The number of hydrogen-bond acceptors (Lipinski definition) is 6. The van der Waals surface area contributed by atoms with Crippen LogP contribution in [0.1, 0.15) is 47.1 Å². The van der Waals surface area contributed by atoms with Gasteiger partial charge in [0.25, 0.3) is 11.8 Å². The van der Waals surface area contributed by atoms with Gasteiger partial charge in [0.15, 0.2) is 5.82 Å². The van der Waals surface area contributed by atoms with Crippen molar-refractivity contribution in [2.45, 2.75) is 31.3 Å². The molecule has 8 heteroatoms. The molecule has 0 unspecified atom stereocenters. The molecule has 30 heavy (non-hydrogen) atoms. The van der Waals surface area contributed by atoms with Gasteiger partial charge in [-0.1, -0.05) is 68.9 Å². The molecule has 0 bridgehead atoms. The molecule has 1 aliphatic rings. The number of imide groups is 1. The van der Waals surface area contributed by atoms with Gasteiger partial charge in [-0.15, -0.1) is 10.2 Å². The van der Waals surface area contributed by atoms with E-state index in [-0.39, 0.29) is 23.8 Å². The van der Waals surface area contributed by atoms with Gasteiger partial charge in [0.2, 0.25) is 5.16 Å². The topological polar surface area (TPSA) is 94.1 Å². The quantitative estimate of drug-likeness (QED) is 0.386. The molecule has 7 nitrogen and oxygen atoms in total. The number of nitrogens with zero attached hydrogens (tertiary/aromatic N) is 4. The van der Waals surface area contributed by atoms with E-state index in [9.17, 15) is 9.59 Å². The van der Waals surface area contributed by atoms with E-state index in [1.54, 1.807) is 24.3 Å². The third kappa shape index (κ3) is 3.59. The van der Waals surface area contributed by atoms with Crippen LogP contribution in [0.3, 0.4) is 0 Å². The Balaban J connectivity index is 1.42. The van der Waals surface area contributed by atoms with E-state index < -0.39 is 0 Å². The molecular weight excluding hydrogens is 398 g/mol. The second-order valence-electron chi connectivity index (χ2n) is 8.16. The molecule has 0 aliphatic carbocycles. The minimum atomic E-state index is -0.259. The molecule has 0 spiro atoms. The molecule has 1 aliphatic heterocycles. The van der Waals surface area contributed by atoms with Gasteiger partial charge in [0, 0.05) is 17.9 Å². The molecule has 0 atom stereocenters. The van der Waals surface area contributed by atoms with Crippen LogP contribution in [0.5, 0.6) is 0 Å². The van der Waals surface area contributed by atoms with Gasteiger partial charge in [-0.2, -0.15) is 0 Å². The third-order valence-electron chi connectivity index (χ3n) is 5.10. The Morgan fingerprint density at radius 1 is 0.933 bits per heavy atom. The van der Waals surface area contributed by atoms with Gasteiger partial charge in [0.05, 0.1) is 11.1 Å². The molecule has 0 fully saturated rings. The first kappa shape index (κ1) is 20.2. The monoisotopic (exact) mass is 421 g/mol. The summed E-state index contributed by atoms with van der Waals surface area (Å²) >= 11 is 1.36. The number of thioether (sulfide) groups is 1. The number of fused-ring (bicyclic) bond motifs is 1. The zero-order valence-electron chi connectivity index (χ0n) is 17.1. The minimum absolute atomic E-state index is 0.0695. The Bertz CT molecular complexity index is 1080. The summed E-state index contributed by atoms with van der Waals surface area (Å²) in [7, 11) is 0. The van der Waals surface area contributed by atoms with Crippen molar-refractivity contribution < 1.29 is 9.59 Å². The first-order valence-electron chi connectivity index (χ1n) is 9.67. The maximum absolute atomic E-state index is 12.4. The summed E-state index contributed by atoms with van der Waals surface area (Å²) in [6, 6.07) is 15.0. The van der Waals surface area contributed by atoms with Gasteiger partial charge in [-0.3, -0.25) is 14.5 Å². The number of rotatable bonds is 5. The molecule has 4 rings (SSSR count). The lowest BCUT2D eigenvalue weighted by molar-refractivity contribution is 0.0664. The number of hydrogen-bond donors (Lipinski definition) is 1. The summed E-state index contributed by atoms with van der Waals surface area (Å²) in [4.78, 5) is 26.1. The molecule has 2 N–H and O–H groups in total. The van der Waals surface area contributed by atoms with Crippen molar-refractivity contribution in [3.8, 4) is 11.4 Å². The van der Waals surface area contributed by atoms with E-state index >= 15 is 0 Å². The van der Waals surface area contributed by atoms with Crippen molar-refractivity contribution in [2.75, 3.05) is 18.1 Å². The van der Waals surface area contributed by atoms with Gasteiger partial charge < -0.3 is 5.84 Å².